The molecule has 0 N–H and O–H groups in total. The van der Waals surface area contributed by atoms with Crippen molar-refractivity contribution in [1.82, 2.24) is 15.0 Å². The van der Waals surface area contributed by atoms with Crippen molar-refractivity contribution in [3.63, 3.8) is 0 Å². The predicted molar refractivity (Wildman–Crippen MR) is 107 cm³/mol. The van der Waals surface area contributed by atoms with Crippen molar-refractivity contribution < 1.29 is 9.32 Å². The van der Waals surface area contributed by atoms with Gasteiger partial charge in [0.05, 0.1) is 0 Å². The van der Waals surface area contributed by atoms with Crippen LogP contribution in [0.5, 0.6) is 0 Å². The Bertz CT molecular complexity index is 929. The molecule has 1 saturated heterocycles. The van der Waals surface area contributed by atoms with Crippen molar-refractivity contribution in [2.45, 2.75) is 6.92 Å². The first kappa shape index (κ1) is 17.7. The lowest BCUT2D eigenvalue weighted by molar-refractivity contribution is 0.0747. The van der Waals surface area contributed by atoms with Crippen molar-refractivity contribution in [1.29, 1.82) is 0 Å². The maximum Gasteiger partial charge on any atom is 0.253 e. The van der Waals surface area contributed by atoms with Gasteiger partial charge in [0.15, 0.2) is 0 Å². The molecule has 4 rings (SSSR count). The molecule has 138 valence electrons. The molecule has 3 aromatic rings. The van der Waals surface area contributed by atoms with Gasteiger partial charge in [-0.3, -0.25) is 4.79 Å². The first-order valence-electron chi connectivity index (χ1n) is 8.81. The minimum absolute atomic E-state index is 0.0879. The van der Waals surface area contributed by atoms with Gasteiger partial charge in [-0.1, -0.05) is 21.1 Å². The maximum atomic E-state index is 12.6. The van der Waals surface area contributed by atoms with Crippen molar-refractivity contribution in [3.05, 3.63) is 64.5 Å². The maximum absolute atomic E-state index is 12.6. The molecule has 7 heteroatoms. The summed E-state index contributed by atoms with van der Waals surface area (Å²) < 4.78 is 6.01. The van der Waals surface area contributed by atoms with Crippen LogP contribution in [0.15, 0.2) is 57.5 Å². The Balaban J connectivity index is 1.39. The van der Waals surface area contributed by atoms with Gasteiger partial charge in [-0.05, 0) is 48.5 Å². The zero-order valence-corrected chi connectivity index (χ0v) is 16.5. The number of hydrogen-bond donors (Lipinski definition) is 0. The van der Waals surface area contributed by atoms with Gasteiger partial charge in [-0.25, -0.2) is 0 Å². The molecular weight excluding hydrogens is 408 g/mol. The second kappa shape index (κ2) is 7.52. The van der Waals surface area contributed by atoms with Crippen LogP contribution in [0.2, 0.25) is 0 Å². The number of amides is 1. The highest BCUT2D eigenvalue weighted by Crippen LogP contribution is 2.22. The first-order valence-corrected chi connectivity index (χ1v) is 9.60. The Morgan fingerprint density at radius 1 is 1.00 bits per heavy atom. The number of anilines is 1. The van der Waals surface area contributed by atoms with Crippen LogP contribution in [0, 0.1) is 6.92 Å². The Kier molecular flexibility index (Phi) is 4.94. The molecule has 0 radical (unpaired) electrons. The van der Waals surface area contributed by atoms with E-state index in [1.807, 2.05) is 41.3 Å². The number of aryl methyl sites for hydroxylation is 1. The van der Waals surface area contributed by atoms with Gasteiger partial charge < -0.3 is 14.3 Å². The Hall–Kier alpha value is -2.67. The van der Waals surface area contributed by atoms with Crippen molar-refractivity contribution in [3.8, 4) is 11.4 Å². The van der Waals surface area contributed by atoms with E-state index in [0.717, 1.165) is 34.4 Å². The van der Waals surface area contributed by atoms with Crippen LogP contribution in [-0.2, 0) is 0 Å². The monoisotopic (exact) mass is 426 g/mol. The van der Waals surface area contributed by atoms with E-state index in [0.29, 0.717) is 24.8 Å². The Labute approximate surface area is 165 Å². The number of carbonyl (C=O) groups is 1. The van der Waals surface area contributed by atoms with Gasteiger partial charge in [0.1, 0.15) is 0 Å². The smallest absolute Gasteiger partial charge is 0.253 e. The van der Waals surface area contributed by atoms with Crippen LogP contribution >= 0.6 is 15.9 Å². The predicted octanol–water partition coefficient (Wildman–Crippen LogP) is 3.77. The Morgan fingerprint density at radius 3 is 2.26 bits per heavy atom. The topological polar surface area (TPSA) is 62.5 Å². The Morgan fingerprint density at radius 2 is 1.67 bits per heavy atom. The minimum Gasteiger partial charge on any atom is -0.368 e. The van der Waals surface area contributed by atoms with E-state index in [4.69, 9.17) is 4.52 Å². The molecule has 1 aromatic heterocycles. The number of hydrogen-bond acceptors (Lipinski definition) is 5. The number of aromatic nitrogens is 2. The van der Waals surface area contributed by atoms with Gasteiger partial charge in [-0.15, -0.1) is 0 Å². The zero-order chi connectivity index (χ0) is 18.8. The van der Waals surface area contributed by atoms with Gasteiger partial charge >= 0.3 is 0 Å². The summed E-state index contributed by atoms with van der Waals surface area (Å²) in [7, 11) is 0. The number of nitrogens with zero attached hydrogens (tertiary/aromatic N) is 4. The van der Waals surface area contributed by atoms with Crippen LogP contribution < -0.4 is 4.90 Å². The van der Waals surface area contributed by atoms with Gasteiger partial charge in [0, 0.05) is 54.4 Å². The fourth-order valence-corrected chi connectivity index (χ4v) is 3.44. The molecule has 1 aliphatic heterocycles. The summed E-state index contributed by atoms with van der Waals surface area (Å²) in [4.78, 5) is 21.1. The lowest BCUT2D eigenvalue weighted by atomic mass is 10.1. The average molecular weight is 427 g/mol. The second-order valence-corrected chi connectivity index (χ2v) is 7.39. The third kappa shape index (κ3) is 3.88. The highest BCUT2D eigenvalue weighted by Gasteiger charge is 2.22. The second-order valence-electron chi connectivity index (χ2n) is 6.47. The summed E-state index contributed by atoms with van der Waals surface area (Å²) >= 11 is 3.40. The van der Waals surface area contributed by atoms with E-state index in [1.54, 1.807) is 6.92 Å². The van der Waals surface area contributed by atoms with E-state index < -0.39 is 0 Å². The van der Waals surface area contributed by atoms with Crippen molar-refractivity contribution in [2.24, 2.45) is 0 Å². The average Bonchev–Trinajstić information content (AvgIpc) is 3.15. The molecule has 0 unspecified atom stereocenters. The summed E-state index contributed by atoms with van der Waals surface area (Å²) in [6.07, 6.45) is 0. The molecule has 2 aromatic carbocycles. The number of halogens is 1. The van der Waals surface area contributed by atoms with Gasteiger partial charge in [0.25, 0.3) is 5.91 Å². The fraction of sp³-hybridized carbons (Fsp3) is 0.250. The summed E-state index contributed by atoms with van der Waals surface area (Å²) in [5.74, 6) is 1.24. The van der Waals surface area contributed by atoms with Crippen molar-refractivity contribution in [2.75, 3.05) is 31.1 Å². The lowest BCUT2D eigenvalue weighted by Crippen LogP contribution is -2.48. The van der Waals surface area contributed by atoms with Crippen LogP contribution in [0.1, 0.15) is 16.2 Å². The summed E-state index contributed by atoms with van der Waals surface area (Å²) in [5, 5.41) is 3.94. The molecule has 6 nitrogen and oxygen atoms in total. The molecule has 0 saturated carbocycles. The van der Waals surface area contributed by atoms with Crippen LogP contribution in [0.25, 0.3) is 11.4 Å². The summed E-state index contributed by atoms with van der Waals surface area (Å²) in [5.41, 5.74) is 2.79. The van der Waals surface area contributed by atoms with Gasteiger partial charge in [-0.2, -0.15) is 4.98 Å². The number of rotatable bonds is 3. The van der Waals surface area contributed by atoms with Crippen molar-refractivity contribution >= 4 is 27.5 Å². The van der Waals surface area contributed by atoms with E-state index in [2.05, 4.69) is 43.1 Å². The molecular formula is C20H19BrN4O2. The minimum atomic E-state index is 0.0879. The quantitative estimate of drug-likeness (QED) is 0.637. The van der Waals surface area contributed by atoms with Crippen LogP contribution in [0.4, 0.5) is 5.69 Å². The first-order chi connectivity index (χ1) is 13.1. The summed E-state index contributed by atoms with van der Waals surface area (Å²) in [6.45, 7) is 4.81. The molecule has 0 spiro atoms. The van der Waals surface area contributed by atoms with E-state index in [9.17, 15) is 4.79 Å². The standard InChI is InChI=1S/C20H19BrN4O2/c1-14-22-19(23-27-14)15-4-8-18(9-5-15)24-10-12-25(13-11-24)20(26)16-2-6-17(21)7-3-16/h2-9H,10-13H2,1H3. The van der Waals surface area contributed by atoms with Gasteiger partial charge in [0.2, 0.25) is 11.7 Å². The normalized spacial score (nSPS) is 14.4. The molecule has 0 bridgehead atoms. The van der Waals surface area contributed by atoms with Crippen LogP contribution in [-0.4, -0.2) is 47.1 Å². The molecule has 1 aliphatic rings. The molecule has 1 fully saturated rings. The SMILES string of the molecule is Cc1nc(-c2ccc(N3CCN(C(=O)c4ccc(Br)cc4)CC3)cc2)no1. The largest absolute Gasteiger partial charge is 0.368 e. The van der Waals surface area contributed by atoms with E-state index in [1.165, 1.54) is 0 Å². The molecule has 0 aliphatic carbocycles. The number of benzene rings is 2. The molecule has 2 heterocycles. The van der Waals surface area contributed by atoms with Crippen LogP contribution in [0.3, 0.4) is 0 Å². The molecule has 0 atom stereocenters. The van der Waals surface area contributed by atoms with E-state index in [-0.39, 0.29) is 5.91 Å². The third-order valence-electron chi connectivity index (χ3n) is 4.68. The molecule has 27 heavy (non-hydrogen) atoms. The highest BCUT2D eigenvalue weighted by molar-refractivity contribution is 9.10. The zero-order valence-electron chi connectivity index (χ0n) is 14.9. The van der Waals surface area contributed by atoms with E-state index >= 15 is 0 Å². The molecule has 1 amide bonds. The number of piperazine rings is 1. The fourth-order valence-electron chi connectivity index (χ4n) is 3.18. The summed E-state index contributed by atoms with van der Waals surface area (Å²) in [6, 6.07) is 15.6. The third-order valence-corrected chi connectivity index (χ3v) is 5.20. The number of carbonyl (C=O) groups excluding carboxylic acids is 1. The highest BCUT2D eigenvalue weighted by atomic mass is 79.9. The lowest BCUT2D eigenvalue weighted by Gasteiger charge is -2.36.